The van der Waals surface area contributed by atoms with E-state index in [1.807, 2.05) is 6.07 Å². The Balaban J connectivity index is 2.54. The molecule has 2 rings (SSSR count). The summed E-state index contributed by atoms with van der Waals surface area (Å²) in [5.74, 6) is -0.615. The summed E-state index contributed by atoms with van der Waals surface area (Å²) in [5.41, 5.74) is 0. The molecule has 0 amide bonds. The number of carbonyl (C=O) groups excluding carboxylic acids is 2. The van der Waals surface area contributed by atoms with Crippen LogP contribution in [0.3, 0.4) is 0 Å². The van der Waals surface area contributed by atoms with Crippen LogP contribution in [0.25, 0.3) is 10.8 Å². The van der Waals surface area contributed by atoms with E-state index < -0.39 is 0 Å². The number of ether oxygens (including phenoxy) is 2. The molecule has 0 radical (unpaired) electrons. The number of carbonyl (C=O) groups is 2. The summed E-state index contributed by atoms with van der Waals surface area (Å²) in [4.78, 5) is 23.8. The third-order valence-electron chi connectivity index (χ3n) is 3.27. The zero-order valence-electron chi connectivity index (χ0n) is 13.6. The zero-order valence-corrected chi connectivity index (χ0v) is 14.3. The number of halogens is 1. The fourth-order valence-corrected chi connectivity index (χ4v) is 2.16. The summed E-state index contributed by atoms with van der Waals surface area (Å²) in [6, 6.07) is 8.70. The molecule has 0 atom stereocenters. The highest BCUT2D eigenvalue weighted by molar-refractivity contribution is 6.33. The molecule has 23 heavy (non-hydrogen) atoms. The molecular formula is C18H19ClO4. The van der Waals surface area contributed by atoms with Crippen molar-refractivity contribution in [2.45, 2.75) is 27.7 Å². The van der Waals surface area contributed by atoms with Crippen molar-refractivity contribution in [2.24, 2.45) is 11.8 Å². The maximum Gasteiger partial charge on any atom is 0.313 e. The molecule has 0 fully saturated rings. The summed E-state index contributed by atoms with van der Waals surface area (Å²) >= 11 is 6.25. The molecule has 0 aromatic heterocycles. The third-order valence-corrected chi connectivity index (χ3v) is 3.55. The quantitative estimate of drug-likeness (QED) is 0.605. The Morgan fingerprint density at radius 1 is 0.913 bits per heavy atom. The van der Waals surface area contributed by atoms with Crippen molar-refractivity contribution in [2.75, 3.05) is 0 Å². The first-order chi connectivity index (χ1) is 10.8. The first-order valence-electron chi connectivity index (χ1n) is 7.46. The average molecular weight is 335 g/mol. The Bertz CT molecular complexity index is 750. The van der Waals surface area contributed by atoms with E-state index in [0.29, 0.717) is 16.5 Å². The van der Waals surface area contributed by atoms with Gasteiger partial charge in [0.2, 0.25) is 0 Å². The molecule has 5 heteroatoms. The van der Waals surface area contributed by atoms with Gasteiger partial charge in [-0.3, -0.25) is 9.59 Å². The van der Waals surface area contributed by atoms with E-state index in [2.05, 4.69) is 0 Å². The Kier molecular flexibility index (Phi) is 5.26. The topological polar surface area (TPSA) is 52.6 Å². The van der Waals surface area contributed by atoms with Crippen molar-refractivity contribution in [3.05, 3.63) is 35.4 Å². The van der Waals surface area contributed by atoms with E-state index in [1.165, 1.54) is 6.07 Å². The van der Waals surface area contributed by atoms with Gasteiger partial charge in [-0.2, -0.15) is 0 Å². The average Bonchev–Trinajstić information content (AvgIpc) is 2.50. The molecule has 0 N–H and O–H groups in total. The van der Waals surface area contributed by atoms with Gasteiger partial charge < -0.3 is 9.47 Å². The number of rotatable bonds is 4. The van der Waals surface area contributed by atoms with Crippen LogP contribution in [-0.2, 0) is 9.59 Å². The van der Waals surface area contributed by atoms with Gasteiger partial charge in [-0.25, -0.2) is 0 Å². The fraction of sp³-hybridized carbons (Fsp3) is 0.333. The smallest absolute Gasteiger partial charge is 0.313 e. The summed E-state index contributed by atoms with van der Waals surface area (Å²) < 4.78 is 10.8. The van der Waals surface area contributed by atoms with Crippen molar-refractivity contribution in [3.63, 3.8) is 0 Å². The van der Waals surface area contributed by atoms with Crippen molar-refractivity contribution in [1.82, 2.24) is 0 Å². The largest absolute Gasteiger partial charge is 0.426 e. The first kappa shape index (κ1) is 17.3. The van der Waals surface area contributed by atoms with Crippen LogP contribution in [0.1, 0.15) is 27.7 Å². The van der Waals surface area contributed by atoms with Gasteiger partial charge in [0.05, 0.1) is 16.9 Å². The summed E-state index contributed by atoms with van der Waals surface area (Å²) in [7, 11) is 0. The molecular weight excluding hydrogens is 316 g/mol. The standard InChI is InChI=1S/C18H19ClO4/c1-10(2)17(20)22-15-9-14(19)16(23-18(21)11(3)4)13-8-6-5-7-12(13)15/h5-11H,1-4H3. The van der Waals surface area contributed by atoms with E-state index >= 15 is 0 Å². The predicted molar refractivity (Wildman–Crippen MR) is 89.9 cm³/mol. The molecule has 0 unspecified atom stereocenters. The maximum absolute atomic E-state index is 11.9. The second-order valence-electron chi connectivity index (χ2n) is 5.88. The highest BCUT2D eigenvalue weighted by Crippen LogP contribution is 2.40. The van der Waals surface area contributed by atoms with E-state index in [1.54, 1.807) is 45.9 Å². The van der Waals surface area contributed by atoms with Crippen molar-refractivity contribution in [3.8, 4) is 11.5 Å². The molecule has 122 valence electrons. The minimum atomic E-state index is -0.371. The second-order valence-corrected chi connectivity index (χ2v) is 6.29. The van der Waals surface area contributed by atoms with Gasteiger partial charge in [0.1, 0.15) is 5.75 Å². The van der Waals surface area contributed by atoms with Gasteiger partial charge >= 0.3 is 11.9 Å². The number of benzene rings is 2. The number of hydrogen-bond donors (Lipinski definition) is 0. The Morgan fingerprint density at radius 2 is 1.43 bits per heavy atom. The van der Waals surface area contributed by atoms with Gasteiger partial charge in [-0.05, 0) is 0 Å². The molecule has 0 heterocycles. The zero-order chi connectivity index (χ0) is 17.1. The van der Waals surface area contributed by atoms with Gasteiger partial charge in [0, 0.05) is 16.8 Å². The monoisotopic (exact) mass is 334 g/mol. The Labute approximate surface area is 140 Å². The van der Waals surface area contributed by atoms with Crippen molar-refractivity contribution < 1.29 is 19.1 Å². The molecule has 0 saturated carbocycles. The minimum Gasteiger partial charge on any atom is -0.426 e. The normalized spacial score (nSPS) is 11.1. The van der Waals surface area contributed by atoms with Crippen LogP contribution >= 0.6 is 11.6 Å². The highest BCUT2D eigenvalue weighted by atomic mass is 35.5. The lowest BCUT2D eigenvalue weighted by Crippen LogP contribution is -2.16. The minimum absolute atomic E-state index is 0.226. The van der Waals surface area contributed by atoms with Crippen LogP contribution < -0.4 is 9.47 Å². The molecule has 2 aromatic rings. The fourth-order valence-electron chi connectivity index (χ4n) is 1.92. The molecule has 0 saturated heterocycles. The molecule has 4 nitrogen and oxygen atoms in total. The second kappa shape index (κ2) is 7.01. The van der Waals surface area contributed by atoms with Crippen LogP contribution in [0.15, 0.2) is 30.3 Å². The lowest BCUT2D eigenvalue weighted by Gasteiger charge is -2.15. The first-order valence-corrected chi connectivity index (χ1v) is 7.83. The van der Waals surface area contributed by atoms with Gasteiger partial charge in [-0.1, -0.05) is 63.6 Å². The molecule has 2 aromatic carbocycles. The van der Waals surface area contributed by atoms with Crippen LogP contribution in [0, 0.1) is 11.8 Å². The SMILES string of the molecule is CC(C)C(=O)Oc1cc(Cl)c(OC(=O)C(C)C)c2ccccc12. The highest BCUT2D eigenvalue weighted by Gasteiger charge is 2.19. The number of esters is 2. The number of hydrogen-bond acceptors (Lipinski definition) is 4. The van der Waals surface area contributed by atoms with Crippen molar-refractivity contribution in [1.29, 1.82) is 0 Å². The Morgan fingerprint density at radius 3 is 2.00 bits per heavy atom. The van der Waals surface area contributed by atoms with Crippen LogP contribution in [0.5, 0.6) is 11.5 Å². The molecule has 0 bridgehead atoms. The van der Waals surface area contributed by atoms with Crippen LogP contribution in [0.2, 0.25) is 5.02 Å². The molecule has 0 aliphatic heterocycles. The Hall–Kier alpha value is -2.07. The summed E-state index contributed by atoms with van der Waals surface area (Å²) in [5, 5.41) is 1.52. The lowest BCUT2D eigenvalue weighted by atomic mass is 10.1. The molecule has 0 aliphatic rings. The van der Waals surface area contributed by atoms with Gasteiger partial charge in [0.15, 0.2) is 5.75 Å². The summed E-state index contributed by atoms with van der Waals surface area (Å²) in [6.45, 7) is 7.00. The predicted octanol–water partition coefficient (Wildman–Crippen LogP) is 4.62. The maximum atomic E-state index is 11.9. The van der Waals surface area contributed by atoms with E-state index in [-0.39, 0.29) is 34.5 Å². The van der Waals surface area contributed by atoms with E-state index in [0.717, 1.165) is 0 Å². The third kappa shape index (κ3) is 3.82. The van der Waals surface area contributed by atoms with Gasteiger partial charge in [0.25, 0.3) is 0 Å². The van der Waals surface area contributed by atoms with Crippen molar-refractivity contribution >= 4 is 34.3 Å². The van der Waals surface area contributed by atoms with Crippen LogP contribution in [0.4, 0.5) is 0 Å². The molecule has 0 aliphatic carbocycles. The summed E-state index contributed by atoms with van der Waals surface area (Å²) in [6.07, 6.45) is 0. The van der Waals surface area contributed by atoms with Crippen LogP contribution in [-0.4, -0.2) is 11.9 Å². The van der Waals surface area contributed by atoms with Gasteiger partial charge in [-0.15, -0.1) is 0 Å². The number of fused-ring (bicyclic) bond motifs is 1. The molecule has 0 spiro atoms. The lowest BCUT2D eigenvalue weighted by molar-refractivity contribution is -0.138. The van der Waals surface area contributed by atoms with E-state index in [9.17, 15) is 9.59 Å². The van der Waals surface area contributed by atoms with E-state index in [4.69, 9.17) is 21.1 Å².